The Labute approximate surface area is 184 Å². The molecule has 0 N–H and O–H groups in total. The Morgan fingerprint density at radius 2 is 1.90 bits per heavy atom. The maximum atomic E-state index is 13.3. The van der Waals surface area contributed by atoms with E-state index in [1.807, 2.05) is 41.3 Å². The van der Waals surface area contributed by atoms with Crippen LogP contribution < -0.4 is 0 Å². The fourth-order valence-corrected chi connectivity index (χ4v) is 5.28. The van der Waals surface area contributed by atoms with E-state index in [4.69, 9.17) is 4.52 Å². The molecule has 166 valence electrons. The van der Waals surface area contributed by atoms with Gasteiger partial charge in [0.25, 0.3) is 0 Å². The Balaban J connectivity index is 1.53. The first-order valence-corrected chi connectivity index (χ1v) is 11.5. The van der Waals surface area contributed by atoms with Gasteiger partial charge in [-0.1, -0.05) is 48.3 Å². The number of likely N-dealkylation sites (tertiary alicyclic amines) is 1. The lowest BCUT2D eigenvalue weighted by molar-refractivity contribution is -0.147. The van der Waals surface area contributed by atoms with Crippen LogP contribution in [-0.4, -0.2) is 54.0 Å². The van der Waals surface area contributed by atoms with E-state index in [2.05, 4.69) is 5.16 Å². The zero-order valence-electron chi connectivity index (χ0n) is 18.7. The number of hydrogen-bond donors (Lipinski definition) is 0. The normalized spacial score (nSPS) is 21.9. The number of amides is 2. The highest BCUT2D eigenvalue weighted by molar-refractivity contribution is 5.84. The molecule has 6 heteroatoms. The quantitative estimate of drug-likeness (QED) is 0.700. The molecule has 0 unspecified atom stereocenters. The van der Waals surface area contributed by atoms with Gasteiger partial charge in [-0.3, -0.25) is 9.59 Å². The molecule has 31 heavy (non-hydrogen) atoms. The monoisotopic (exact) mass is 423 g/mol. The van der Waals surface area contributed by atoms with E-state index in [-0.39, 0.29) is 11.8 Å². The zero-order valence-corrected chi connectivity index (χ0v) is 18.7. The van der Waals surface area contributed by atoms with Crippen molar-refractivity contribution in [2.24, 2.45) is 11.3 Å². The summed E-state index contributed by atoms with van der Waals surface area (Å²) >= 11 is 0. The minimum Gasteiger partial charge on any atom is -0.361 e. The molecular weight excluding hydrogens is 390 g/mol. The number of hydrogen-bond acceptors (Lipinski definition) is 4. The van der Waals surface area contributed by atoms with Crippen LogP contribution in [0.5, 0.6) is 0 Å². The SMILES string of the molecule is CN(C)C(=O)[C@@]1(Cc2cc(-c3ccccc3)no2)CCCN(C(=O)CC2CCCC2)C1. The highest BCUT2D eigenvalue weighted by Crippen LogP contribution is 2.37. The van der Waals surface area contributed by atoms with Gasteiger partial charge >= 0.3 is 0 Å². The molecule has 1 aromatic heterocycles. The Morgan fingerprint density at radius 1 is 1.16 bits per heavy atom. The summed E-state index contributed by atoms with van der Waals surface area (Å²) in [6, 6.07) is 11.8. The van der Waals surface area contributed by atoms with Crippen molar-refractivity contribution in [3.63, 3.8) is 0 Å². The number of aromatic nitrogens is 1. The molecule has 1 aliphatic heterocycles. The number of rotatable bonds is 6. The van der Waals surface area contributed by atoms with E-state index in [0.29, 0.717) is 31.1 Å². The van der Waals surface area contributed by atoms with E-state index in [9.17, 15) is 9.59 Å². The van der Waals surface area contributed by atoms with E-state index >= 15 is 0 Å². The second-order valence-corrected chi connectivity index (χ2v) is 9.47. The van der Waals surface area contributed by atoms with Gasteiger partial charge in [0.1, 0.15) is 11.5 Å². The molecule has 6 nitrogen and oxygen atoms in total. The average molecular weight is 424 g/mol. The van der Waals surface area contributed by atoms with Crippen LogP contribution in [0.3, 0.4) is 0 Å². The van der Waals surface area contributed by atoms with E-state index in [1.54, 1.807) is 19.0 Å². The van der Waals surface area contributed by atoms with Crippen LogP contribution in [0, 0.1) is 11.3 Å². The summed E-state index contributed by atoms with van der Waals surface area (Å²) in [4.78, 5) is 30.0. The molecular formula is C25H33N3O3. The van der Waals surface area contributed by atoms with E-state index in [1.165, 1.54) is 12.8 Å². The van der Waals surface area contributed by atoms with E-state index in [0.717, 1.165) is 43.5 Å². The minimum atomic E-state index is -0.666. The lowest BCUT2D eigenvalue weighted by Crippen LogP contribution is -2.54. The number of carbonyl (C=O) groups excluding carboxylic acids is 2. The van der Waals surface area contributed by atoms with Crippen molar-refractivity contribution < 1.29 is 14.1 Å². The topological polar surface area (TPSA) is 66.7 Å². The molecule has 1 aliphatic carbocycles. The lowest BCUT2D eigenvalue weighted by atomic mass is 9.75. The maximum absolute atomic E-state index is 13.3. The van der Waals surface area contributed by atoms with Crippen LogP contribution in [0.1, 0.15) is 50.7 Å². The Kier molecular flexibility index (Phi) is 6.44. The van der Waals surface area contributed by atoms with Crippen LogP contribution in [0.2, 0.25) is 0 Å². The molecule has 2 amide bonds. The van der Waals surface area contributed by atoms with Crippen molar-refractivity contribution >= 4 is 11.8 Å². The first-order valence-electron chi connectivity index (χ1n) is 11.5. The molecule has 1 aromatic carbocycles. The molecule has 0 spiro atoms. The summed E-state index contributed by atoms with van der Waals surface area (Å²) in [5, 5.41) is 4.23. The summed E-state index contributed by atoms with van der Waals surface area (Å²) in [6.07, 6.45) is 7.42. The molecule has 4 rings (SSSR count). The molecule has 1 saturated carbocycles. The first kappa shape index (κ1) is 21.6. The van der Waals surface area contributed by atoms with Crippen LogP contribution in [0.4, 0.5) is 0 Å². The highest BCUT2D eigenvalue weighted by Gasteiger charge is 2.45. The Morgan fingerprint density at radius 3 is 2.61 bits per heavy atom. The average Bonchev–Trinajstić information content (AvgIpc) is 3.46. The predicted molar refractivity (Wildman–Crippen MR) is 119 cm³/mol. The van der Waals surface area contributed by atoms with Gasteiger partial charge in [0, 0.05) is 51.7 Å². The van der Waals surface area contributed by atoms with Crippen molar-refractivity contribution in [2.45, 2.75) is 51.4 Å². The van der Waals surface area contributed by atoms with Gasteiger partial charge in [-0.15, -0.1) is 0 Å². The van der Waals surface area contributed by atoms with Gasteiger partial charge in [0.15, 0.2) is 0 Å². The molecule has 2 fully saturated rings. The summed E-state index contributed by atoms with van der Waals surface area (Å²) in [6.45, 7) is 1.19. The van der Waals surface area contributed by atoms with Gasteiger partial charge in [0.2, 0.25) is 11.8 Å². The van der Waals surface area contributed by atoms with Crippen molar-refractivity contribution in [3.05, 3.63) is 42.2 Å². The van der Waals surface area contributed by atoms with Gasteiger partial charge in [-0.2, -0.15) is 0 Å². The Bertz CT molecular complexity index is 902. The van der Waals surface area contributed by atoms with Crippen molar-refractivity contribution in [1.29, 1.82) is 0 Å². The largest absolute Gasteiger partial charge is 0.361 e. The third kappa shape index (κ3) is 4.83. The molecule has 2 aliphatic rings. The molecule has 1 atom stereocenters. The second kappa shape index (κ2) is 9.25. The Hall–Kier alpha value is -2.63. The van der Waals surface area contributed by atoms with Crippen LogP contribution in [0.15, 0.2) is 40.9 Å². The smallest absolute Gasteiger partial charge is 0.230 e. The summed E-state index contributed by atoms with van der Waals surface area (Å²) in [7, 11) is 3.58. The zero-order chi connectivity index (χ0) is 21.8. The molecule has 1 saturated heterocycles. The van der Waals surface area contributed by atoms with Gasteiger partial charge in [-0.05, 0) is 31.6 Å². The third-order valence-electron chi connectivity index (χ3n) is 6.87. The summed E-state index contributed by atoms with van der Waals surface area (Å²) in [5.74, 6) is 1.46. The van der Waals surface area contributed by atoms with Crippen LogP contribution in [0.25, 0.3) is 11.3 Å². The molecule has 0 bridgehead atoms. The first-order chi connectivity index (χ1) is 15.0. The number of nitrogens with zero attached hydrogens (tertiary/aromatic N) is 3. The highest BCUT2D eigenvalue weighted by atomic mass is 16.5. The number of piperidine rings is 1. The molecule has 2 heterocycles. The van der Waals surface area contributed by atoms with E-state index < -0.39 is 5.41 Å². The summed E-state index contributed by atoms with van der Waals surface area (Å²) < 4.78 is 5.66. The fraction of sp³-hybridized carbons (Fsp3) is 0.560. The fourth-order valence-electron chi connectivity index (χ4n) is 5.28. The maximum Gasteiger partial charge on any atom is 0.230 e. The molecule has 0 radical (unpaired) electrons. The standard InChI is InChI=1S/C25H33N3O3/c1-27(2)24(30)25(17-21-16-22(26-31-21)20-11-4-3-5-12-20)13-8-14-28(18-25)23(29)15-19-9-6-7-10-19/h3-5,11-12,16,19H,6-10,13-15,17-18H2,1-2H3/t25-/m1/s1. The van der Waals surface area contributed by atoms with Gasteiger partial charge in [-0.25, -0.2) is 0 Å². The number of benzene rings is 1. The minimum absolute atomic E-state index is 0.0588. The third-order valence-corrected chi connectivity index (χ3v) is 6.87. The lowest BCUT2D eigenvalue weighted by Gasteiger charge is -2.42. The second-order valence-electron chi connectivity index (χ2n) is 9.47. The van der Waals surface area contributed by atoms with Crippen molar-refractivity contribution in [3.8, 4) is 11.3 Å². The predicted octanol–water partition coefficient (Wildman–Crippen LogP) is 4.16. The van der Waals surface area contributed by atoms with Crippen LogP contribution in [-0.2, 0) is 16.0 Å². The van der Waals surface area contributed by atoms with Gasteiger partial charge < -0.3 is 14.3 Å². The van der Waals surface area contributed by atoms with Crippen molar-refractivity contribution in [2.75, 3.05) is 27.2 Å². The van der Waals surface area contributed by atoms with Gasteiger partial charge in [0.05, 0.1) is 5.41 Å². The van der Waals surface area contributed by atoms with Crippen molar-refractivity contribution in [1.82, 2.24) is 15.0 Å². The summed E-state index contributed by atoms with van der Waals surface area (Å²) in [5.41, 5.74) is 1.09. The molecule has 2 aromatic rings. The number of carbonyl (C=O) groups is 2. The van der Waals surface area contributed by atoms with Crippen LogP contribution >= 0.6 is 0 Å².